The molecule has 8 heteroatoms. The molecule has 0 unspecified atom stereocenters. The van der Waals surface area contributed by atoms with Crippen LogP contribution in [0.25, 0.3) is 6.08 Å². The van der Waals surface area contributed by atoms with Gasteiger partial charge in [-0.2, -0.15) is 0 Å². The molecule has 0 aliphatic carbocycles. The summed E-state index contributed by atoms with van der Waals surface area (Å²) in [6, 6.07) is 10.6. The lowest BCUT2D eigenvalue weighted by molar-refractivity contribution is -0.122. The highest BCUT2D eigenvalue weighted by Gasteiger charge is 2.34. The molecule has 0 spiro atoms. The van der Waals surface area contributed by atoms with E-state index < -0.39 is 0 Å². The molecule has 1 fully saturated rings. The third-order valence-electron chi connectivity index (χ3n) is 3.84. The Kier molecular flexibility index (Phi) is 6.88. The number of hydrogen-bond acceptors (Lipinski definition) is 4. The van der Waals surface area contributed by atoms with Gasteiger partial charge in [0.25, 0.3) is 11.1 Å². The predicted octanol–water partition coefficient (Wildman–Crippen LogP) is 6.56. The summed E-state index contributed by atoms with van der Waals surface area (Å²) in [7, 11) is 0. The van der Waals surface area contributed by atoms with E-state index in [1.807, 2.05) is 18.2 Å². The number of amides is 2. The van der Waals surface area contributed by atoms with Crippen molar-refractivity contribution in [1.82, 2.24) is 4.90 Å². The summed E-state index contributed by atoms with van der Waals surface area (Å²) in [4.78, 5) is 25.7. The van der Waals surface area contributed by atoms with Crippen molar-refractivity contribution in [3.05, 3.63) is 79.6 Å². The Morgan fingerprint density at radius 3 is 2.64 bits per heavy atom. The lowest BCUT2D eigenvalue weighted by Crippen LogP contribution is -2.27. The summed E-state index contributed by atoms with van der Waals surface area (Å²) in [5.74, 6) is 0.312. The molecular formula is C20H14BrCl2NO3S. The molecule has 0 atom stereocenters. The average Bonchev–Trinajstić information content (AvgIpc) is 2.90. The first-order chi connectivity index (χ1) is 13.4. The minimum Gasteiger partial charge on any atom is -0.488 e. The van der Waals surface area contributed by atoms with E-state index in [1.54, 1.807) is 24.3 Å². The van der Waals surface area contributed by atoms with E-state index in [2.05, 4.69) is 22.5 Å². The van der Waals surface area contributed by atoms with E-state index in [9.17, 15) is 9.59 Å². The molecule has 0 radical (unpaired) electrons. The van der Waals surface area contributed by atoms with Gasteiger partial charge < -0.3 is 4.74 Å². The van der Waals surface area contributed by atoms with Crippen LogP contribution in [-0.4, -0.2) is 22.6 Å². The fraction of sp³-hybridized carbons (Fsp3) is 0.100. The van der Waals surface area contributed by atoms with Crippen LogP contribution in [0.4, 0.5) is 4.79 Å². The lowest BCUT2D eigenvalue weighted by Gasteiger charge is -2.10. The molecule has 0 bridgehead atoms. The number of ether oxygens (including phenoxy) is 1. The molecule has 144 valence electrons. The predicted molar refractivity (Wildman–Crippen MR) is 118 cm³/mol. The molecule has 2 aromatic rings. The van der Waals surface area contributed by atoms with Crippen LogP contribution in [0.2, 0.25) is 10.0 Å². The van der Waals surface area contributed by atoms with Gasteiger partial charge in [-0.3, -0.25) is 14.5 Å². The molecule has 0 saturated carbocycles. The van der Waals surface area contributed by atoms with Gasteiger partial charge in [-0.1, -0.05) is 41.4 Å². The second-order valence-electron chi connectivity index (χ2n) is 5.80. The first-order valence-corrected chi connectivity index (χ1v) is 10.5. The summed E-state index contributed by atoms with van der Waals surface area (Å²) in [5.41, 5.74) is 1.59. The van der Waals surface area contributed by atoms with E-state index >= 15 is 0 Å². The highest BCUT2D eigenvalue weighted by molar-refractivity contribution is 9.10. The van der Waals surface area contributed by atoms with Crippen molar-refractivity contribution in [2.24, 2.45) is 0 Å². The maximum absolute atomic E-state index is 12.3. The number of nitrogens with zero attached hydrogens (tertiary/aromatic N) is 1. The van der Waals surface area contributed by atoms with Gasteiger partial charge in [-0.25, -0.2) is 0 Å². The second-order valence-corrected chi connectivity index (χ2v) is 8.49. The number of hydrogen-bond donors (Lipinski definition) is 0. The monoisotopic (exact) mass is 497 g/mol. The van der Waals surface area contributed by atoms with E-state index in [-0.39, 0.29) is 24.3 Å². The van der Waals surface area contributed by atoms with Crippen molar-refractivity contribution in [3.8, 4) is 5.75 Å². The van der Waals surface area contributed by atoms with Crippen LogP contribution in [0.1, 0.15) is 11.1 Å². The maximum atomic E-state index is 12.3. The molecular weight excluding hydrogens is 485 g/mol. The summed E-state index contributed by atoms with van der Waals surface area (Å²) in [5, 5.41) is 0.808. The third kappa shape index (κ3) is 4.81. The van der Waals surface area contributed by atoms with Gasteiger partial charge in [0.2, 0.25) is 0 Å². The van der Waals surface area contributed by atoms with E-state index in [0.717, 1.165) is 32.3 Å². The van der Waals surface area contributed by atoms with Crippen LogP contribution in [0, 0.1) is 0 Å². The number of rotatable bonds is 6. The lowest BCUT2D eigenvalue weighted by atomic mass is 10.2. The van der Waals surface area contributed by atoms with Crippen molar-refractivity contribution in [3.63, 3.8) is 0 Å². The van der Waals surface area contributed by atoms with Crippen LogP contribution >= 0.6 is 50.9 Å². The van der Waals surface area contributed by atoms with Crippen molar-refractivity contribution in [2.45, 2.75) is 6.61 Å². The largest absolute Gasteiger partial charge is 0.488 e. The van der Waals surface area contributed by atoms with Gasteiger partial charge in [-0.05, 0) is 63.6 Å². The molecule has 2 amide bonds. The van der Waals surface area contributed by atoms with Crippen molar-refractivity contribution >= 4 is 68.1 Å². The highest BCUT2D eigenvalue weighted by Crippen LogP contribution is 2.34. The van der Waals surface area contributed by atoms with Gasteiger partial charge in [0.15, 0.2) is 0 Å². The average molecular weight is 499 g/mol. The van der Waals surface area contributed by atoms with E-state index in [0.29, 0.717) is 20.7 Å². The fourth-order valence-corrected chi connectivity index (χ4v) is 4.28. The Morgan fingerprint density at radius 2 is 1.96 bits per heavy atom. The summed E-state index contributed by atoms with van der Waals surface area (Å²) < 4.78 is 6.53. The van der Waals surface area contributed by atoms with Crippen LogP contribution < -0.4 is 4.74 Å². The van der Waals surface area contributed by atoms with Gasteiger partial charge in [0.05, 0.1) is 9.38 Å². The van der Waals surface area contributed by atoms with Gasteiger partial charge in [0, 0.05) is 22.2 Å². The molecule has 1 aliphatic rings. The number of imide groups is 1. The zero-order valence-corrected chi connectivity index (χ0v) is 18.4. The maximum Gasteiger partial charge on any atom is 0.293 e. The van der Waals surface area contributed by atoms with Gasteiger partial charge in [0.1, 0.15) is 12.4 Å². The molecule has 0 aromatic heterocycles. The van der Waals surface area contributed by atoms with E-state index in [4.69, 9.17) is 27.9 Å². The third-order valence-corrected chi connectivity index (χ3v) is 5.95. The highest BCUT2D eigenvalue weighted by atomic mass is 79.9. The number of carbonyl (C=O) groups excluding carboxylic acids is 2. The molecule has 0 N–H and O–H groups in total. The molecule has 4 nitrogen and oxygen atoms in total. The van der Waals surface area contributed by atoms with Gasteiger partial charge in [-0.15, -0.1) is 6.58 Å². The molecule has 3 rings (SSSR count). The Labute approximate surface area is 185 Å². The minimum atomic E-state index is -0.316. The van der Waals surface area contributed by atoms with Crippen LogP contribution in [0.3, 0.4) is 0 Å². The number of thioether (sulfide) groups is 1. The molecule has 1 heterocycles. The number of halogens is 3. The first-order valence-electron chi connectivity index (χ1n) is 8.11. The first kappa shape index (κ1) is 21.0. The van der Waals surface area contributed by atoms with Crippen molar-refractivity contribution < 1.29 is 14.3 Å². The number of carbonyl (C=O) groups is 2. The van der Waals surface area contributed by atoms with Crippen LogP contribution in [0.5, 0.6) is 5.75 Å². The summed E-state index contributed by atoms with van der Waals surface area (Å²) in [6.45, 7) is 4.05. The SMILES string of the molecule is C=CCN1C(=O)S/C(=C/c2ccc(OCc3ccc(Cl)cc3Cl)c(Br)c2)C1=O. The molecule has 1 aliphatic heterocycles. The summed E-state index contributed by atoms with van der Waals surface area (Å²) in [6.07, 6.45) is 3.20. The Bertz CT molecular complexity index is 993. The Morgan fingerprint density at radius 1 is 1.18 bits per heavy atom. The molecule has 28 heavy (non-hydrogen) atoms. The standard InChI is InChI=1S/C20H14BrCl2NO3S/c1-2-7-24-19(25)18(28-20(24)26)9-12-3-6-17(15(21)8-12)27-11-13-4-5-14(22)10-16(13)23/h2-6,8-10H,1,7,11H2/b18-9+. The zero-order valence-electron chi connectivity index (χ0n) is 14.5. The quantitative estimate of drug-likeness (QED) is 0.334. The summed E-state index contributed by atoms with van der Waals surface area (Å²) >= 11 is 16.4. The van der Waals surface area contributed by atoms with Crippen molar-refractivity contribution in [2.75, 3.05) is 6.54 Å². The minimum absolute atomic E-state index is 0.200. The van der Waals surface area contributed by atoms with Crippen molar-refractivity contribution in [1.29, 1.82) is 0 Å². The fourth-order valence-electron chi connectivity index (χ4n) is 2.46. The Hall–Kier alpha value is -1.73. The topological polar surface area (TPSA) is 46.6 Å². The smallest absolute Gasteiger partial charge is 0.293 e. The van der Waals surface area contributed by atoms with Gasteiger partial charge >= 0.3 is 0 Å². The van der Waals surface area contributed by atoms with E-state index in [1.165, 1.54) is 6.08 Å². The van der Waals surface area contributed by atoms with Crippen LogP contribution in [0.15, 0.2) is 58.4 Å². The molecule has 1 saturated heterocycles. The zero-order chi connectivity index (χ0) is 20.3. The Balaban J connectivity index is 1.73. The van der Waals surface area contributed by atoms with Crippen LogP contribution in [-0.2, 0) is 11.4 Å². The molecule has 2 aromatic carbocycles. The number of benzene rings is 2. The normalized spacial score (nSPS) is 15.4. The second kappa shape index (κ2) is 9.18.